The predicted molar refractivity (Wildman–Crippen MR) is 96.7 cm³/mol. The molecule has 0 aliphatic carbocycles. The first-order valence-corrected chi connectivity index (χ1v) is 7.78. The summed E-state index contributed by atoms with van der Waals surface area (Å²) in [6.07, 6.45) is 0. The van der Waals surface area contributed by atoms with Crippen LogP contribution in [0.15, 0.2) is 82.0 Å². The summed E-state index contributed by atoms with van der Waals surface area (Å²) in [4.78, 5) is 12.7. The molecule has 4 aromatic rings. The Labute approximate surface area is 143 Å². The minimum absolute atomic E-state index is 0.125. The van der Waals surface area contributed by atoms with Crippen LogP contribution in [-0.2, 0) is 0 Å². The molecule has 1 aromatic heterocycles. The van der Waals surface area contributed by atoms with Gasteiger partial charge in [-0.05, 0) is 41.5 Å². The third-order valence-corrected chi connectivity index (χ3v) is 4.13. The third-order valence-electron chi connectivity index (χ3n) is 4.13. The Bertz CT molecular complexity index is 1110. The van der Waals surface area contributed by atoms with Crippen LogP contribution in [0.25, 0.3) is 33.2 Å². The number of benzene rings is 3. The van der Waals surface area contributed by atoms with Gasteiger partial charge in [-0.15, -0.1) is 0 Å². The SMILES string of the molecule is O=c1oc2ccccc2c(-c2ccc(O)cc2)c1-c1ccc(O)cc1. The Hall–Kier alpha value is -3.53. The summed E-state index contributed by atoms with van der Waals surface area (Å²) in [5.41, 5.74) is 2.65. The molecule has 1 heterocycles. The number of aromatic hydroxyl groups is 2. The zero-order valence-electron chi connectivity index (χ0n) is 13.1. The quantitative estimate of drug-likeness (QED) is 0.529. The van der Waals surface area contributed by atoms with Gasteiger partial charge < -0.3 is 14.6 Å². The van der Waals surface area contributed by atoms with Crippen LogP contribution in [0.5, 0.6) is 11.5 Å². The molecule has 0 atom stereocenters. The molecule has 4 heteroatoms. The van der Waals surface area contributed by atoms with Crippen LogP contribution >= 0.6 is 0 Å². The van der Waals surface area contributed by atoms with E-state index in [0.717, 1.165) is 16.5 Å². The lowest BCUT2D eigenvalue weighted by atomic mass is 9.93. The van der Waals surface area contributed by atoms with E-state index >= 15 is 0 Å². The van der Waals surface area contributed by atoms with Gasteiger partial charge in [0, 0.05) is 10.9 Å². The number of rotatable bonds is 2. The largest absolute Gasteiger partial charge is 0.508 e. The molecule has 0 fully saturated rings. The lowest BCUT2D eigenvalue weighted by molar-refractivity contribution is 0.475. The molecular formula is C21H14O4. The Balaban J connectivity index is 2.12. The molecule has 2 N–H and O–H groups in total. The first-order chi connectivity index (χ1) is 12.1. The Morgan fingerprint density at radius 3 is 1.76 bits per heavy atom. The van der Waals surface area contributed by atoms with Crippen LogP contribution in [0.2, 0.25) is 0 Å². The van der Waals surface area contributed by atoms with Gasteiger partial charge in [-0.25, -0.2) is 4.79 Å². The average Bonchev–Trinajstić information content (AvgIpc) is 2.62. The van der Waals surface area contributed by atoms with Gasteiger partial charge in [0.1, 0.15) is 17.1 Å². The summed E-state index contributed by atoms with van der Waals surface area (Å²) in [5.74, 6) is 0.280. The fraction of sp³-hybridized carbons (Fsp3) is 0. The van der Waals surface area contributed by atoms with E-state index in [-0.39, 0.29) is 11.5 Å². The Morgan fingerprint density at radius 2 is 1.16 bits per heavy atom. The van der Waals surface area contributed by atoms with E-state index in [9.17, 15) is 15.0 Å². The number of phenols is 2. The van der Waals surface area contributed by atoms with Crippen molar-refractivity contribution in [1.82, 2.24) is 0 Å². The molecule has 4 rings (SSSR count). The summed E-state index contributed by atoms with van der Waals surface area (Å²) < 4.78 is 5.50. The van der Waals surface area contributed by atoms with Gasteiger partial charge in [0.2, 0.25) is 0 Å². The van der Waals surface area contributed by atoms with E-state index in [0.29, 0.717) is 16.7 Å². The van der Waals surface area contributed by atoms with Crippen molar-refractivity contribution < 1.29 is 14.6 Å². The molecule has 0 spiro atoms. The van der Waals surface area contributed by atoms with E-state index < -0.39 is 5.63 Å². The molecule has 122 valence electrons. The number of phenolic OH excluding ortho intramolecular Hbond substituents is 2. The minimum Gasteiger partial charge on any atom is -0.508 e. The average molecular weight is 330 g/mol. The second-order valence-electron chi connectivity index (χ2n) is 5.73. The van der Waals surface area contributed by atoms with Crippen molar-refractivity contribution in [3.8, 4) is 33.8 Å². The van der Waals surface area contributed by atoms with Crippen molar-refractivity contribution in [2.75, 3.05) is 0 Å². The highest BCUT2D eigenvalue weighted by molar-refractivity contribution is 6.01. The Kier molecular flexibility index (Phi) is 3.51. The monoisotopic (exact) mass is 330 g/mol. The lowest BCUT2D eigenvalue weighted by Crippen LogP contribution is -2.06. The highest BCUT2D eigenvalue weighted by Crippen LogP contribution is 2.36. The summed E-state index contributed by atoms with van der Waals surface area (Å²) in [6, 6.07) is 20.5. The van der Waals surface area contributed by atoms with Crippen molar-refractivity contribution in [1.29, 1.82) is 0 Å². The van der Waals surface area contributed by atoms with Gasteiger partial charge in [-0.1, -0.05) is 42.5 Å². The minimum atomic E-state index is -0.451. The topological polar surface area (TPSA) is 70.7 Å². The fourth-order valence-electron chi connectivity index (χ4n) is 2.97. The lowest BCUT2D eigenvalue weighted by Gasteiger charge is -2.12. The molecule has 0 amide bonds. The summed E-state index contributed by atoms with van der Waals surface area (Å²) in [6.45, 7) is 0. The molecule has 4 nitrogen and oxygen atoms in total. The second kappa shape index (κ2) is 5.83. The highest BCUT2D eigenvalue weighted by Gasteiger charge is 2.17. The number of hydrogen-bond donors (Lipinski definition) is 2. The molecule has 0 saturated heterocycles. The smallest absolute Gasteiger partial charge is 0.344 e. The molecule has 0 aliphatic rings. The standard InChI is InChI=1S/C21H14O4/c22-15-9-5-13(6-10-15)19-17-3-1-2-4-18(17)25-21(24)20(19)14-7-11-16(23)12-8-14/h1-12,22-23H. The zero-order valence-corrected chi connectivity index (χ0v) is 13.1. The highest BCUT2D eigenvalue weighted by atomic mass is 16.4. The van der Waals surface area contributed by atoms with Gasteiger partial charge in [-0.3, -0.25) is 0 Å². The van der Waals surface area contributed by atoms with E-state index in [1.807, 2.05) is 18.2 Å². The van der Waals surface area contributed by atoms with E-state index in [1.54, 1.807) is 42.5 Å². The first-order valence-electron chi connectivity index (χ1n) is 7.78. The van der Waals surface area contributed by atoms with Gasteiger partial charge >= 0.3 is 5.63 Å². The maximum Gasteiger partial charge on any atom is 0.344 e. The summed E-state index contributed by atoms with van der Waals surface area (Å²) in [7, 11) is 0. The van der Waals surface area contributed by atoms with Crippen LogP contribution in [0.3, 0.4) is 0 Å². The fourth-order valence-corrected chi connectivity index (χ4v) is 2.97. The molecule has 0 bridgehead atoms. The van der Waals surface area contributed by atoms with Gasteiger partial charge in [0.15, 0.2) is 0 Å². The third kappa shape index (κ3) is 2.64. The number of hydrogen-bond acceptors (Lipinski definition) is 4. The van der Waals surface area contributed by atoms with E-state index in [1.165, 1.54) is 12.1 Å². The predicted octanol–water partition coefficient (Wildman–Crippen LogP) is 4.54. The molecule has 0 aliphatic heterocycles. The molecule has 3 aromatic carbocycles. The van der Waals surface area contributed by atoms with Gasteiger partial charge in [0.05, 0.1) is 5.56 Å². The zero-order chi connectivity index (χ0) is 17.4. The van der Waals surface area contributed by atoms with Crippen molar-refractivity contribution in [2.45, 2.75) is 0 Å². The Morgan fingerprint density at radius 1 is 0.640 bits per heavy atom. The maximum absolute atomic E-state index is 12.7. The van der Waals surface area contributed by atoms with Crippen LogP contribution in [0.1, 0.15) is 0 Å². The summed E-state index contributed by atoms with van der Waals surface area (Å²) in [5, 5.41) is 19.9. The maximum atomic E-state index is 12.7. The first kappa shape index (κ1) is 15.0. The van der Waals surface area contributed by atoms with Crippen molar-refractivity contribution >= 4 is 11.0 Å². The molecule has 0 radical (unpaired) electrons. The van der Waals surface area contributed by atoms with Crippen molar-refractivity contribution in [3.05, 3.63) is 83.2 Å². The van der Waals surface area contributed by atoms with Gasteiger partial charge in [-0.2, -0.15) is 0 Å². The molecule has 0 saturated carbocycles. The molecular weight excluding hydrogens is 316 g/mol. The van der Waals surface area contributed by atoms with Crippen LogP contribution in [0.4, 0.5) is 0 Å². The van der Waals surface area contributed by atoms with Crippen LogP contribution < -0.4 is 5.63 Å². The summed E-state index contributed by atoms with van der Waals surface area (Å²) >= 11 is 0. The van der Waals surface area contributed by atoms with Crippen LogP contribution in [0, 0.1) is 0 Å². The molecule has 0 unspecified atom stereocenters. The van der Waals surface area contributed by atoms with Gasteiger partial charge in [0.25, 0.3) is 0 Å². The normalized spacial score (nSPS) is 10.9. The van der Waals surface area contributed by atoms with Crippen LogP contribution in [-0.4, -0.2) is 10.2 Å². The molecule has 25 heavy (non-hydrogen) atoms. The number of fused-ring (bicyclic) bond motifs is 1. The van der Waals surface area contributed by atoms with Crippen molar-refractivity contribution in [2.24, 2.45) is 0 Å². The number of para-hydroxylation sites is 1. The van der Waals surface area contributed by atoms with E-state index in [4.69, 9.17) is 4.42 Å². The van der Waals surface area contributed by atoms with Crippen molar-refractivity contribution in [3.63, 3.8) is 0 Å². The second-order valence-corrected chi connectivity index (χ2v) is 5.73. The van der Waals surface area contributed by atoms with E-state index in [2.05, 4.69) is 0 Å².